The van der Waals surface area contributed by atoms with Gasteiger partial charge in [0, 0.05) is 11.6 Å². The van der Waals surface area contributed by atoms with Crippen LogP contribution < -0.4 is 29.2 Å². The third-order valence-electron chi connectivity index (χ3n) is 5.11. The van der Waals surface area contributed by atoms with E-state index in [2.05, 4.69) is 11.9 Å². The highest BCUT2D eigenvalue weighted by atomic mass is 16.7. The number of hydrogen-bond donors (Lipinski definition) is 2. The number of anilines is 1. The van der Waals surface area contributed by atoms with Crippen LogP contribution in [0.25, 0.3) is 6.08 Å². The molecule has 0 unspecified atom stereocenters. The number of urea groups is 1. The van der Waals surface area contributed by atoms with Crippen molar-refractivity contribution in [1.29, 1.82) is 0 Å². The van der Waals surface area contributed by atoms with E-state index in [0.717, 1.165) is 4.90 Å². The Morgan fingerprint density at radius 3 is 2.69 bits per heavy atom. The van der Waals surface area contributed by atoms with Gasteiger partial charge in [-0.25, -0.2) is 14.5 Å². The van der Waals surface area contributed by atoms with Gasteiger partial charge in [0.2, 0.25) is 6.79 Å². The summed E-state index contributed by atoms with van der Waals surface area (Å²) >= 11 is 0. The van der Waals surface area contributed by atoms with Crippen LogP contribution in [0.1, 0.15) is 11.1 Å². The average molecular weight is 480 g/mol. The number of fused-ring (bicyclic) bond motifs is 1. The normalized spacial score (nSPS) is 15.7. The van der Waals surface area contributed by atoms with Crippen LogP contribution >= 0.6 is 0 Å². The van der Waals surface area contributed by atoms with E-state index < -0.39 is 30.4 Å². The van der Waals surface area contributed by atoms with Crippen LogP contribution in [-0.4, -0.2) is 49.4 Å². The molecule has 0 saturated carbocycles. The maximum atomic E-state index is 13.2. The van der Waals surface area contributed by atoms with Crippen molar-refractivity contribution < 1.29 is 43.2 Å². The molecule has 11 heteroatoms. The van der Waals surface area contributed by atoms with Gasteiger partial charge in [0.1, 0.15) is 5.57 Å². The van der Waals surface area contributed by atoms with Gasteiger partial charge in [-0.2, -0.15) is 0 Å². The fourth-order valence-electron chi connectivity index (χ4n) is 3.61. The van der Waals surface area contributed by atoms with Gasteiger partial charge in [0.05, 0.1) is 12.8 Å². The minimum atomic E-state index is -1.17. The number of nitrogens with zero attached hydrogens (tertiary/aromatic N) is 1. The zero-order valence-corrected chi connectivity index (χ0v) is 18.5. The third kappa shape index (κ3) is 4.64. The molecule has 2 aromatic rings. The number of benzene rings is 2. The van der Waals surface area contributed by atoms with Gasteiger partial charge in [0.25, 0.3) is 11.8 Å². The lowest BCUT2D eigenvalue weighted by Gasteiger charge is -2.26. The van der Waals surface area contributed by atoms with Gasteiger partial charge in [-0.05, 0) is 42.3 Å². The molecular weight excluding hydrogens is 460 g/mol. The minimum Gasteiger partial charge on any atom is -0.493 e. The molecule has 2 aliphatic rings. The zero-order valence-electron chi connectivity index (χ0n) is 18.5. The zero-order chi connectivity index (χ0) is 25.1. The molecule has 0 aliphatic carbocycles. The molecule has 4 amide bonds. The van der Waals surface area contributed by atoms with Gasteiger partial charge in [-0.3, -0.25) is 14.9 Å². The van der Waals surface area contributed by atoms with Crippen LogP contribution in [0.3, 0.4) is 0 Å². The van der Waals surface area contributed by atoms with E-state index in [9.17, 15) is 19.2 Å². The van der Waals surface area contributed by atoms with E-state index in [4.69, 9.17) is 24.1 Å². The quantitative estimate of drug-likeness (QED) is 0.331. The number of barbiturate groups is 1. The Balaban J connectivity index is 1.73. The Bertz CT molecular complexity index is 1280. The van der Waals surface area contributed by atoms with E-state index in [1.165, 1.54) is 31.4 Å². The summed E-state index contributed by atoms with van der Waals surface area (Å²) in [7, 11) is 1.37. The van der Waals surface area contributed by atoms with Gasteiger partial charge >= 0.3 is 12.0 Å². The summed E-state index contributed by atoms with van der Waals surface area (Å²) < 4.78 is 21.3. The van der Waals surface area contributed by atoms with Gasteiger partial charge < -0.3 is 24.1 Å². The number of aliphatic carboxylic acids is 1. The highest BCUT2D eigenvalue weighted by Gasteiger charge is 2.37. The topological polar surface area (TPSA) is 141 Å². The van der Waals surface area contributed by atoms with Crippen molar-refractivity contribution in [3.05, 3.63) is 59.7 Å². The van der Waals surface area contributed by atoms with Gasteiger partial charge in [0.15, 0.2) is 29.6 Å². The minimum absolute atomic E-state index is 0.0175. The van der Waals surface area contributed by atoms with Crippen LogP contribution in [0, 0.1) is 0 Å². The molecule has 35 heavy (non-hydrogen) atoms. The van der Waals surface area contributed by atoms with Crippen molar-refractivity contribution in [3.8, 4) is 23.0 Å². The molecule has 2 aliphatic heterocycles. The first kappa shape index (κ1) is 23.4. The molecule has 0 bridgehead atoms. The molecule has 1 saturated heterocycles. The molecule has 2 N–H and O–H groups in total. The number of hydrogen-bond acceptors (Lipinski definition) is 8. The van der Waals surface area contributed by atoms with Crippen LogP contribution in [0.5, 0.6) is 23.0 Å². The summed E-state index contributed by atoms with van der Waals surface area (Å²) in [4.78, 5) is 50.1. The lowest BCUT2D eigenvalue weighted by atomic mass is 10.0. The Morgan fingerprint density at radius 2 is 1.97 bits per heavy atom. The van der Waals surface area contributed by atoms with Crippen LogP contribution in [0.4, 0.5) is 10.5 Å². The number of methoxy groups -OCH3 is 1. The second-order valence-corrected chi connectivity index (χ2v) is 7.38. The summed E-state index contributed by atoms with van der Waals surface area (Å²) in [6.07, 6.45) is 3.18. The lowest BCUT2D eigenvalue weighted by molar-refractivity contribution is -0.139. The van der Waals surface area contributed by atoms with E-state index in [-0.39, 0.29) is 29.6 Å². The largest absolute Gasteiger partial charge is 0.493 e. The van der Waals surface area contributed by atoms with Crippen LogP contribution in [0.2, 0.25) is 0 Å². The second kappa shape index (κ2) is 9.59. The van der Waals surface area contributed by atoms with Crippen molar-refractivity contribution in [2.75, 3.05) is 25.4 Å². The fourth-order valence-corrected chi connectivity index (χ4v) is 3.61. The second-order valence-electron chi connectivity index (χ2n) is 7.38. The number of carbonyl (C=O) groups is 4. The van der Waals surface area contributed by atoms with E-state index >= 15 is 0 Å². The number of rotatable bonds is 8. The van der Waals surface area contributed by atoms with Crippen molar-refractivity contribution >= 4 is 35.6 Å². The monoisotopic (exact) mass is 480 g/mol. The molecule has 0 aromatic heterocycles. The van der Waals surface area contributed by atoms with Gasteiger partial charge in [-0.1, -0.05) is 6.08 Å². The Kier molecular flexibility index (Phi) is 6.40. The summed E-state index contributed by atoms with van der Waals surface area (Å²) in [6, 6.07) is 6.71. The molecule has 2 aromatic carbocycles. The van der Waals surface area contributed by atoms with Crippen LogP contribution in [0.15, 0.2) is 48.6 Å². The Hall–Kier alpha value is -4.80. The van der Waals surface area contributed by atoms with E-state index in [1.807, 2.05) is 0 Å². The first-order chi connectivity index (χ1) is 16.8. The number of allylic oxidation sites excluding steroid dienone is 1. The number of carboxylic acids is 1. The highest BCUT2D eigenvalue weighted by molar-refractivity contribution is 6.39. The molecule has 11 nitrogen and oxygen atoms in total. The van der Waals surface area contributed by atoms with Crippen molar-refractivity contribution in [1.82, 2.24) is 5.32 Å². The predicted molar refractivity (Wildman–Crippen MR) is 122 cm³/mol. The summed E-state index contributed by atoms with van der Waals surface area (Å²) in [6.45, 7) is 3.11. The SMILES string of the molecule is C=CCc1cc(/C=C2/C(=O)NC(=O)N(c3ccc4c(c3)OCO4)C2=O)cc(OC)c1OCC(=O)O. The molecule has 2 heterocycles. The summed E-state index contributed by atoms with van der Waals surface area (Å²) in [5.41, 5.74) is 0.810. The van der Waals surface area contributed by atoms with E-state index in [1.54, 1.807) is 18.2 Å². The Labute approximate surface area is 199 Å². The van der Waals surface area contributed by atoms with Crippen LogP contribution in [-0.2, 0) is 20.8 Å². The lowest BCUT2D eigenvalue weighted by Crippen LogP contribution is -2.54. The van der Waals surface area contributed by atoms with Gasteiger partial charge in [-0.15, -0.1) is 6.58 Å². The number of ether oxygens (including phenoxy) is 4. The van der Waals surface area contributed by atoms with Crippen molar-refractivity contribution in [3.63, 3.8) is 0 Å². The Morgan fingerprint density at radius 1 is 1.20 bits per heavy atom. The number of nitrogens with one attached hydrogen (secondary N) is 1. The number of carbonyl (C=O) groups excluding carboxylic acids is 3. The molecule has 0 spiro atoms. The highest BCUT2D eigenvalue weighted by Crippen LogP contribution is 2.37. The molecular formula is C24H20N2O9. The smallest absolute Gasteiger partial charge is 0.341 e. The number of amides is 4. The number of carboxylic acid groups (broad SMARTS) is 1. The standard InChI is InChI=1S/C24H20N2O9/c1-3-4-14-7-13(9-19(32-2)21(14)33-11-20(27)28)8-16-22(29)25-24(31)26(23(16)30)15-5-6-17-18(10-15)35-12-34-17/h3,5-10H,1,4,11-12H2,2H3,(H,27,28)(H,25,29,31)/b16-8-. The summed E-state index contributed by atoms with van der Waals surface area (Å²) in [5.74, 6) is -1.64. The molecule has 0 radical (unpaired) electrons. The first-order valence-corrected chi connectivity index (χ1v) is 10.3. The van der Waals surface area contributed by atoms with Crippen molar-refractivity contribution in [2.24, 2.45) is 0 Å². The third-order valence-corrected chi connectivity index (χ3v) is 5.11. The molecule has 1 fully saturated rings. The maximum absolute atomic E-state index is 13.2. The van der Waals surface area contributed by atoms with Crippen molar-refractivity contribution in [2.45, 2.75) is 6.42 Å². The molecule has 4 rings (SSSR count). The fraction of sp³-hybridized carbons (Fsp3) is 0.167. The predicted octanol–water partition coefficient (Wildman–Crippen LogP) is 2.28. The molecule has 180 valence electrons. The summed E-state index contributed by atoms with van der Waals surface area (Å²) in [5, 5.41) is 11.1. The maximum Gasteiger partial charge on any atom is 0.341 e. The molecule has 0 atom stereocenters. The number of imide groups is 2. The van der Waals surface area contributed by atoms with E-state index in [0.29, 0.717) is 29.0 Å². The first-order valence-electron chi connectivity index (χ1n) is 10.3. The average Bonchev–Trinajstić information content (AvgIpc) is 3.28.